The van der Waals surface area contributed by atoms with E-state index in [9.17, 15) is 20.1 Å². The normalized spacial score (nSPS) is 49.9. The maximum atomic E-state index is 11.9. The molecule has 11 atom stereocenters. The van der Waals surface area contributed by atoms with Crippen LogP contribution < -0.4 is 0 Å². The fraction of sp³-hybridized carbons (Fsp3) is 0.962. The molecule has 0 aliphatic heterocycles. The molecule has 3 N–H and O–H groups in total. The fourth-order valence-electron chi connectivity index (χ4n) is 10.2. The van der Waals surface area contributed by atoms with E-state index >= 15 is 0 Å². The standard InChI is InChI=1S/C26H40B4O4/c1-5-14-20(33)19-16-8-7-15(13(2)6-9-18(31)32)23(16,3)11-10-17(19)24(4)12-25(27,28)22(34)26(29,30)21(14)24/h13-17,19-22,33-34H,5-12H2,1-4H3,(H,31,32)/t13-,14+,15?,16?,17?,19?,20-,21+,22-,23-,24-/m1/s1. The predicted molar refractivity (Wildman–Crippen MR) is 137 cm³/mol. The van der Waals surface area contributed by atoms with Gasteiger partial charge >= 0.3 is 5.97 Å². The number of rotatable bonds is 5. The summed E-state index contributed by atoms with van der Waals surface area (Å²) < 4.78 is 0. The summed E-state index contributed by atoms with van der Waals surface area (Å²) in [6, 6.07) is 0. The molecular weight excluding hydrogens is 420 g/mol. The average Bonchev–Trinajstić information content (AvgIpc) is 3.09. The molecule has 4 unspecified atom stereocenters. The van der Waals surface area contributed by atoms with Crippen molar-refractivity contribution in [2.75, 3.05) is 0 Å². The Balaban J connectivity index is 1.71. The molecule has 0 bridgehead atoms. The van der Waals surface area contributed by atoms with Crippen LogP contribution in [0.2, 0.25) is 10.4 Å². The molecule has 4 fully saturated rings. The van der Waals surface area contributed by atoms with Gasteiger partial charge in [-0.1, -0.05) is 51.0 Å². The van der Waals surface area contributed by atoms with E-state index in [2.05, 4.69) is 27.7 Å². The highest BCUT2D eigenvalue weighted by Gasteiger charge is 2.69. The number of carboxylic acid groups (broad SMARTS) is 1. The largest absolute Gasteiger partial charge is 0.481 e. The van der Waals surface area contributed by atoms with Crippen LogP contribution in [0.1, 0.15) is 79.1 Å². The summed E-state index contributed by atoms with van der Waals surface area (Å²) in [6.45, 7) is 8.84. The first-order chi connectivity index (χ1) is 15.6. The Kier molecular flexibility index (Phi) is 6.76. The lowest BCUT2D eigenvalue weighted by atomic mass is 9.23. The number of hydrogen-bond donors (Lipinski definition) is 3. The molecule has 0 aromatic rings. The quantitative estimate of drug-likeness (QED) is 0.552. The molecule has 34 heavy (non-hydrogen) atoms. The second kappa shape index (κ2) is 8.61. The van der Waals surface area contributed by atoms with Gasteiger partial charge in [-0.05, 0) is 84.4 Å². The van der Waals surface area contributed by atoms with Crippen molar-refractivity contribution in [3.63, 3.8) is 0 Å². The van der Waals surface area contributed by atoms with Crippen molar-refractivity contribution >= 4 is 37.4 Å². The molecule has 0 aromatic heterocycles. The van der Waals surface area contributed by atoms with Gasteiger partial charge in [-0.15, -0.1) is 0 Å². The Morgan fingerprint density at radius 3 is 2.24 bits per heavy atom. The van der Waals surface area contributed by atoms with Crippen molar-refractivity contribution in [1.82, 2.24) is 0 Å². The van der Waals surface area contributed by atoms with E-state index in [1.165, 1.54) is 0 Å². The maximum Gasteiger partial charge on any atom is 0.303 e. The third kappa shape index (κ3) is 3.70. The minimum absolute atomic E-state index is 0.0702. The Labute approximate surface area is 211 Å². The van der Waals surface area contributed by atoms with Gasteiger partial charge in [-0.25, -0.2) is 0 Å². The van der Waals surface area contributed by atoms with Crippen molar-refractivity contribution in [3.05, 3.63) is 0 Å². The Bertz CT molecular complexity index is 806. The maximum absolute atomic E-state index is 11.9. The van der Waals surface area contributed by atoms with Gasteiger partial charge in [0.1, 0.15) is 0 Å². The summed E-state index contributed by atoms with van der Waals surface area (Å²) in [5.41, 5.74) is -0.314. The average molecular weight is 460 g/mol. The number of carboxylic acids is 1. The van der Waals surface area contributed by atoms with E-state index in [0.717, 1.165) is 32.1 Å². The van der Waals surface area contributed by atoms with Crippen molar-refractivity contribution in [1.29, 1.82) is 0 Å². The summed E-state index contributed by atoms with van der Waals surface area (Å²) in [4.78, 5) is 11.2. The van der Waals surface area contributed by atoms with Gasteiger partial charge < -0.3 is 15.3 Å². The molecule has 4 saturated carbocycles. The van der Waals surface area contributed by atoms with Gasteiger partial charge in [0.05, 0.1) is 37.5 Å². The lowest BCUT2D eigenvalue weighted by Crippen LogP contribution is -2.68. The Morgan fingerprint density at radius 1 is 1.03 bits per heavy atom. The van der Waals surface area contributed by atoms with Gasteiger partial charge in [0.2, 0.25) is 0 Å². The zero-order chi connectivity index (χ0) is 25.4. The molecule has 4 nitrogen and oxygen atoms in total. The van der Waals surface area contributed by atoms with E-state index in [0.29, 0.717) is 30.6 Å². The topological polar surface area (TPSA) is 77.8 Å². The van der Waals surface area contributed by atoms with Crippen LogP contribution in [0.5, 0.6) is 0 Å². The molecule has 4 aliphatic carbocycles. The molecule has 0 amide bonds. The fourth-order valence-corrected chi connectivity index (χ4v) is 10.2. The molecular formula is C26H40B4O4. The summed E-state index contributed by atoms with van der Waals surface area (Å²) in [6.07, 6.45) is 4.32. The van der Waals surface area contributed by atoms with E-state index < -0.39 is 28.6 Å². The first-order valence-electron chi connectivity index (χ1n) is 13.4. The number of aliphatic carboxylic acids is 1. The smallest absolute Gasteiger partial charge is 0.303 e. The lowest BCUT2D eigenvalue weighted by molar-refractivity contribution is -0.209. The summed E-state index contributed by atoms with van der Waals surface area (Å²) in [7, 11) is 26.2. The van der Waals surface area contributed by atoms with Crippen LogP contribution in [0.3, 0.4) is 0 Å². The lowest BCUT2D eigenvalue weighted by Gasteiger charge is -2.71. The van der Waals surface area contributed by atoms with Crippen LogP contribution >= 0.6 is 0 Å². The van der Waals surface area contributed by atoms with Gasteiger partial charge in [0, 0.05) is 12.5 Å². The van der Waals surface area contributed by atoms with Crippen LogP contribution in [0.15, 0.2) is 0 Å². The van der Waals surface area contributed by atoms with Gasteiger partial charge in [-0.3, -0.25) is 4.79 Å². The number of aliphatic hydroxyl groups is 2. The highest BCUT2D eigenvalue weighted by molar-refractivity contribution is 6.45. The first-order valence-corrected chi connectivity index (χ1v) is 13.4. The van der Waals surface area contributed by atoms with E-state index in [4.69, 9.17) is 31.4 Å². The van der Waals surface area contributed by atoms with Gasteiger partial charge in [0.15, 0.2) is 0 Å². The monoisotopic (exact) mass is 460 g/mol. The van der Waals surface area contributed by atoms with Crippen LogP contribution in [-0.4, -0.2) is 64.9 Å². The molecule has 0 spiro atoms. The zero-order valence-corrected chi connectivity index (χ0v) is 21.4. The molecule has 4 rings (SSSR count). The van der Waals surface area contributed by atoms with Crippen LogP contribution in [0, 0.1) is 52.3 Å². The predicted octanol–water partition coefficient (Wildman–Crippen LogP) is 3.24. The third-order valence-corrected chi connectivity index (χ3v) is 11.4. The SMILES string of the molecule is [B]C1([B])C[C@]2(C)C3CC[C@@]4(C)C(CCC4[C@H](C)CCC(=O)O)C3[C@H](O)[C@H](CC)[C@@H]2C([B])([B])[C@@H]1O. The van der Waals surface area contributed by atoms with Crippen molar-refractivity contribution in [2.24, 2.45) is 52.3 Å². The number of fused-ring (bicyclic) bond motifs is 5. The number of hydrogen-bond acceptors (Lipinski definition) is 3. The zero-order valence-electron chi connectivity index (χ0n) is 21.4. The molecule has 4 aliphatic rings. The Morgan fingerprint density at radius 2 is 1.65 bits per heavy atom. The number of aliphatic hydroxyl groups excluding tert-OH is 2. The molecule has 8 heteroatoms. The van der Waals surface area contributed by atoms with Crippen molar-refractivity contribution in [3.8, 4) is 0 Å². The minimum Gasteiger partial charge on any atom is -0.481 e. The van der Waals surface area contributed by atoms with Crippen molar-refractivity contribution < 1.29 is 20.1 Å². The third-order valence-electron chi connectivity index (χ3n) is 11.4. The molecule has 180 valence electrons. The van der Waals surface area contributed by atoms with E-state index in [1.54, 1.807) is 0 Å². The van der Waals surface area contributed by atoms with Crippen LogP contribution in [0.4, 0.5) is 0 Å². The van der Waals surface area contributed by atoms with Crippen LogP contribution in [-0.2, 0) is 4.79 Å². The van der Waals surface area contributed by atoms with Crippen molar-refractivity contribution in [2.45, 2.75) is 102 Å². The van der Waals surface area contributed by atoms with E-state index in [1.807, 2.05) is 0 Å². The van der Waals surface area contributed by atoms with Gasteiger partial charge in [-0.2, -0.15) is 0 Å². The highest BCUT2D eigenvalue weighted by atomic mass is 16.4. The summed E-state index contributed by atoms with van der Waals surface area (Å²) in [5.74, 6) is 0.254. The second-order valence-electron chi connectivity index (χ2n) is 13.2. The number of carbonyl (C=O) groups is 1. The molecule has 0 aromatic carbocycles. The Hall–Kier alpha value is -0.350. The molecule has 0 heterocycles. The van der Waals surface area contributed by atoms with Gasteiger partial charge in [0.25, 0.3) is 0 Å². The summed E-state index contributed by atoms with van der Waals surface area (Å²) >= 11 is 0. The first kappa shape index (κ1) is 26.7. The highest BCUT2D eigenvalue weighted by Crippen LogP contribution is 2.74. The molecule has 0 saturated heterocycles. The minimum atomic E-state index is -1.48. The van der Waals surface area contributed by atoms with Crippen LogP contribution in [0.25, 0.3) is 0 Å². The second-order valence-corrected chi connectivity index (χ2v) is 13.2. The van der Waals surface area contributed by atoms with E-state index in [-0.39, 0.29) is 40.9 Å². The molecule has 8 radical (unpaired) electrons. The summed E-state index contributed by atoms with van der Waals surface area (Å²) in [5, 5.41) is 29.2.